The zero-order valence-corrected chi connectivity index (χ0v) is 9.85. The van der Waals surface area contributed by atoms with Crippen LogP contribution in [0.1, 0.15) is 25.1 Å². The van der Waals surface area contributed by atoms with E-state index in [0.717, 1.165) is 0 Å². The van der Waals surface area contributed by atoms with Crippen molar-refractivity contribution < 1.29 is 14.3 Å². The van der Waals surface area contributed by atoms with Gasteiger partial charge in [0.1, 0.15) is 11.6 Å². The predicted octanol–water partition coefficient (Wildman–Crippen LogP) is 2.79. The summed E-state index contributed by atoms with van der Waals surface area (Å²) in [4.78, 5) is 17.7. The van der Waals surface area contributed by atoms with Crippen molar-refractivity contribution in [3.63, 3.8) is 0 Å². The second-order valence-electron chi connectivity index (χ2n) is 4.16. The maximum atomic E-state index is 13.6. The molecular weight excluding hydrogens is 235 g/mol. The van der Waals surface area contributed by atoms with Gasteiger partial charge in [-0.3, -0.25) is 4.79 Å². The molecule has 0 saturated carbocycles. The molecular formula is C13H13FN2O2. The molecule has 4 nitrogen and oxygen atoms in total. The van der Waals surface area contributed by atoms with Crippen LogP contribution in [0.25, 0.3) is 11.3 Å². The Hall–Kier alpha value is -2.17. The van der Waals surface area contributed by atoms with E-state index in [1.165, 1.54) is 12.3 Å². The van der Waals surface area contributed by atoms with Gasteiger partial charge >= 0.3 is 5.97 Å². The number of H-pyrrole nitrogens is 1. The molecule has 0 radical (unpaired) electrons. The molecule has 18 heavy (non-hydrogen) atoms. The summed E-state index contributed by atoms with van der Waals surface area (Å²) in [5.74, 6) is -0.899. The van der Waals surface area contributed by atoms with Crippen molar-refractivity contribution in [2.75, 3.05) is 0 Å². The molecule has 2 rings (SSSR count). The number of carboxylic acids is 1. The van der Waals surface area contributed by atoms with Crippen molar-refractivity contribution in [3.8, 4) is 11.3 Å². The zero-order chi connectivity index (χ0) is 13.1. The first kappa shape index (κ1) is 12.3. The van der Waals surface area contributed by atoms with Gasteiger partial charge in [-0.05, 0) is 12.1 Å². The van der Waals surface area contributed by atoms with Crippen LogP contribution in [-0.2, 0) is 4.79 Å². The Kier molecular flexibility index (Phi) is 3.41. The van der Waals surface area contributed by atoms with E-state index in [-0.39, 0.29) is 18.2 Å². The second-order valence-corrected chi connectivity index (χ2v) is 4.16. The summed E-state index contributed by atoms with van der Waals surface area (Å²) in [5, 5.41) is 8.71. The van der Waals surface area contributed by atoms with Gasteiger partial charge in [0.15, 0.2) is 0 Å². The van der Waals surface area contributed by atoms with E-state index >= 15 is 0 Å². The fourth-order valence-electron chi connectivity index (χ4n) is 1.76. The SMILES string of the molecule is CC(CC(=O)O)c1ncc(-c2ccccc2F)[nH]1. The molecule has 1 unspecified atom stereocenters. The number of nitrogens with one attached hydrogen (secondary N) is 1. The predicted molar refractivity (Wildman–Crippen MR) is 64.6 cm³/mol. The molecule has 1 aromatic heterocycles. The minimum absolute atomic E-state index is 0.00970. The van der Waals surface area contributed by atoms with Gasteiger partial charge < -0.3 is 10.1 Å². The third-order valence-corrected chi connectivity index (χ3v) is 2.71. The van der Waals surface area contributed by atoms with E-state index in [1.807, 2.05) is 0 Å². The van der Waals surface area contributed by atoms with Crippen molar-refractivity contribution in [1.82, 2.24) is 9.97 Å². The lowest BCUT2D eigenvalue weighted by atomic mass is 10.1. The maximum absolute atomic E-state index is 13.6. The molecule has 2 aromatic rings. The van der Waals surface area contributed by atoms with Crippen LogP contribution >= 0.6 is 0 Å². The van der Waals surface area contributed by atoms with Crippen LogP contribution in [-0.4, -0.2) is 21.0 Å². The average Bonchev–Trinajstić information content (AvgIpc) is 2.78. The Bertz CT molecular complexity index is 566. The van der Waals surface area contributed by atoms with E-state index in [9.17, 15) is 9.18 Å². The van der Waals surface area contributed by atoms with Crippen LogP contribution in [0.3, 0.4) is 0 Å². The highest BCUT2D eigenvalue weighted by atomic mass is 19.1. The lowest BCUT2D eigenvalue weighted by Gasteiger charge is -2.04. The lowest BCUT2D eigenvalue weighted by Crippen LogP contribution is -2.04. The fraction of sp³-hybridized carbons (Fsp3) is 0.231. The van der Waals surface area contributed by atoms with Gasteiger partial charge in [-0.2, -0.15) is 0 Å². The molecule has 1 atom stereocenters. The van der Waals surface area contributed by atoms with E-state index in [4.69, 9.17) is 5.11 Å². The van der Waals surface area contributed by atoms with Gasteiger partial charge in [-0.1, -0.05) is 19.1 Å². The summed E-state index contributed by atoms with van der Waals surface area (Å²) in [6.45, 7) is 1.76. The van der Waals surface area contributed by atoms with Crippen LogP contribution in [0.2, 0.25) is 0 Å². The van der Waals surface area contributed by atoms with E-state index in [2.05, 4.69) is 9.97 Å². The summed E-state index contributed by atoms with van der Waals surface area (Å²) in [6, 6.07) is 6.37. The van der Waals surface area contributed by atoms with Crippen molar-refractivity contribution >= 4 is 5.97 Å². The first-order valence-electron chi connectivity index (χ1n) is 5.59. The van der Waals surface area contributed by atoms with Gasteiger partial charge in [-0.25, -0.2) is 9.37 Å². The molecule has 1 aromatic carbocycles. The lowest BCUT2D eigenvalue weighted by molar-refractivity contribution is -0.137. The second kappa shape index (κ2) is 5.00. The van der Waals surface area contributed by atoms with Crippen LogP contribution in [0.15, 0.2) is 30.5 Å². The number of hydrogen-bond donors (Lipinski definition) is 2. The largest absolute Gasteiger partial charge is 0.481 e. The molecule has 0 aliphatic rings. The third kappa shape index (κ3) is 2.56. The van der Waals surface area contributed by atoms with Gasteiger partial charge in [0.05, 0.1) is 18.3 Å². The number of nitrogens with zero attached hydrogens (tertiary/aromatic N) is 1. The minimum Gasteiger partial charge on any atom is -0.481 e. The molecule has 0 fully saturated rings. The first-order chi connectivity index (χ1) is 8.58. The number of halogens is 1. The number of rotatable bonds is 4. The third-order valence-electron chi connectivity index (χ3n) is 2.71. The Morgan fingerprint density at radius 2 is 2.22 bits per heavy atom. The van der Waals surface area contributed by atoms with E-state index < -0.39 is 5.97 Å². The molecule has 0 bridgehead atoms. The van der Waals surface area contributed by atoms with Gasteiger partial charge in [0.2, 0.25) is 0 Å². The fourth-order valence-corrected chi connectivity index (χ4v) is 1.76. The highest BCUT2D eigenvalue weighted by Gasteiger charge is 2.15. The molecule has 1 heterocycles. The summed E-state index contributed by atoms with van der Waals surface area (Å²) in [7, 11) is 0. The summed E-state index contributed by atoms with van der Waals surface area (Å²) in [6.07, 6.45) is 1.51. The summed E-state index contributed by atoms with van der Waals surface area (Å²) >= 11 is 0. The number of aliphatic carboxylic acids is 1. The van der Waals surface area contributed by atoms with Crippen molar-refractivity contribution in [2.45, 2.75) is 19.3 Å². The smallest absolute Gasteiger partial charge is 0.304 e. The van der Waals surface area contributed by atoms with Crippen molar-refractivity contribution in [2.24, 2.45) is 0 Å². The minimum atomic E-state index is -0.883. The van der Waals surface area contributed by atoms with Gasteiger partial charge in [-0.15, -0.1) is 0 Å². The number of aromatic nitrogens is 2. The van der Waals surface area contributed by atoms with Crippen LogP contribution in [0.4, 0.5) is 4.39 Å². The normalized spacial score (nSPS) is 12.3. The number of carboxylic acid groups (broad SMARTS) is 1. The molecule has 2 N–H and O–H groups in total. The summed E-state index contributed by atoms with van der Waals surface area (Å²) in [5.41, 5.74) is 0.985. The molecule has 0 saturated heterocycles. The number of imidazole rings is 1. The number of aromatic amines is 1. The molecule has 94 valence electrons. The zero-order valence-electron chi connectivity index (χ0n) is 9.85. The van der Waals surface area contributed by atoms with Crippen molar-refractivity contribution in [1.29, 1.82) is 0 Å². The maximum Gasteiger partial charge on any atom is 0.304 e. The molecule has 0 aliphatic heterocycles. The van der Waals surface area contributed by atoms with Gasteiger partial charge in [0, 0.05) is 11.5 Å². The van der Waals surface area contributed by atoms with E-state index in [0.29, 0.717) is 17.1 Å². The van der Waals surface area contributed by atoms with Crippen LogP contribution < -0.4 is 0 Å². The number of carbonyl (C=O) groups is 1. The quantitative estimate of drug-likeness (QED) is 0.874. The Balaban J connectivity index is 2.26. The topological polar surface area (TPSA) is 66.0 Å². The van der Waals surface area contributed by atoms with Crippen LogP contribution in [0, 0.1) is 5.82 Å². The summed E-state index contributed by atoms with van der Waals surface area (Å²) < 4.78 is 13.6. The molecule has 0 spiro atoms. The highest BCUT2D eigenvalue weighted by molar-refractivity contribution is 5.67. The van der Waals surface area contributed by atoms with Crippen molar-refractivity contribution in [3.05, 3.63) is 42.1 Å². The van der Waals surface area contributed by atoms with Crippen LogP contribution in [0.5, 0.6) is 0 Å². The van der Waals surface area contributed by atoms with Gasteiger partial charge in [0.25, 0.3) is 0 Å². The standard InChI is InChI=1S/C13H13FN2O2/c1-8(6-12(17)18)13-15-7-11(16-13)9-4-2-3-5-10(9)14/h2-5,7-8H,6H2,1H3,(H,15,16)(H,17,18). The number of benzene rings is 1. The Morgan fingerprint density at radius 3 is 2.89 bits per heavy atom. The average molecular weight is 248 g/mol. The molecule has 0 aliphatic carbocycles. The Labute approximate surface area is 103 Å². The van der Waals surface area contributed by atoms with E-state index in [1.54, 1.807) is 25.1 Å². The Morgan fingerprint density at radius 1 is 1.50 bits per heavy atom. The monoisotopic (exact) mass is 248 g/mol. The molecule has 0 amide bonds. The molecule has 5 heteroatoms. The number of hydrogen-bond acceptors (Lipinski definition) is 2. The highest BCUT2D eigenvalue weighted by Crippen LogP contribution is 2.23. The first-order valence-corrected chi connectivity index (χ1v) is 5.59.